The first kappa shape index (κ1) is 11.2. The maximum absolute atomic E-state index is 11.8. The van der Waals surface area contributed by atoms with Crippen LogP contribution in [-0.4, -0.2) is 28.9 Å². The van der Waals surface area contributed by atoms with Crippen molar-refractivity contribution in [3.05, 3.63) is 29.6 Å². The lowest BCUT2D eigenvalue weighted by molar-refractivity contribution is 0.0767. The van der Waals surface area contributed by atoms with Crippen molar-refractivity contribution in [1.29, 1.82) is 5.26 Å². The quantitative estimate of drug-likeness (QED) is 0.729. The largest absolute Gasteiger partial charge is 0.325 e. The van der Waals surface area contributed by atoms with Crippen LogP contribution in [0.1, 0.15) is 23.1 Å². The first-order valence-electron chi connectivity index (χ1n) is 4.66. The Bertz CT molecular complexity index is 409. The summed E-state index contributed by atoms with van der Waals surface area (Å²) >= 11 is 0. The second kappa shape index (κ2) is 4.56. The summed E-state index contributed by atoms with van der Waals surface area (Å²) in [5.41, 5.74) is 1.17. The average molecular weight is 203 g/mol. The number of aromatic nitrogens is 1. The summed E-state index contributed by atoms with van der Waals surface area (Å²) in [5.74, 6) is -0.229. The molecule has 0 bridgehead atoms. The lowest BCUT2D eigenvalue weighted by atomic mass is 10.2. The van der Waals surface area contributed by atoms with Crippen LogP contribution in [-0.2, 0) is 0 Å². The third-order valence-corrected chi connectivity index (χ3v) is 2.20. The summed E-state index contributed by atoms with van der Waals surface area (Å²) in [6, 6.07) is 6.81. The van der Waals surface area contributed by atoms with Crippen LogP contribution in [0.5, 0.6) is 0 Å². The number of aryl methyl sites for hydroxylation is 1. The Labute approximate surface area is 89.2 Å². The Balaban J connectivity index is 2.91. The number of hydrogen-bond donors (Lipinski definition) is 0. The lowest BCUT2D eigenvalue weighted by Crippen LogP contribution is -2.34. The highest BCUT2D eigenvalue weighted by atomic mass is 16.2. The van der Waals surface area contributed by atoms with E-state index in [9.17, 15) is 4.79 Å². The predicted molar refractivity (Wildman–Crippen MR) is 56.1 cm³/mol. The molecule has 0 aliphatic rings. The number of amides is 1. The molecule has 4 nitrogen and oxygen atoms in total. The Kier molecular flexibility index (Phi) is 3.40. The second-order valence-corrected chi connectivity index (χ2v) is 3.39. The van der Waals surface area contributed by atoms with Crippen molar-refractivity contribution in [2.24, 2.45) is 0 Å². The van der Waals surface area contributed by atoms with E-state index in [1.165, 1.54) is 4.90 Å². The van der Waals surface area contributed by atoms with E-state index in [0.29, 0.717) is 5.69 Å². The minimum Gasteiger partial charge on any atom is -0.325 e. The molecular formula is C11H13N3O. The van der Waals surface area contributed by atoms with Gasteiger partial charge < -0.3 is 4.90 Å². The minimum atomic E-state index is -0.445. The summed E-state index contributed by atoms with van der Waals surface area (Å²) in [5, 5.41) is 8.69. The van der Waals surface area contributed by atoms with Gasteiger partial charge >= 0.3 is 0 Å². The molecule has 0 spiro atoms. The van der Waals surface area contributed by atoms with E-state index in [1.807, 2.05) is 19.1 Å². The molecule has 1 rings (SSSR count). The van der Waals surface area contributed by atoms with Crippen molar-refractivity contribution >= 4 is 5.91 Å². The fourth-order valence-electron chi connectivity index (χ4n) is 1.11. The highest BCUT2D eigenvalue weighted by Gasteiger charge is 2.17. The number of pyridine rings is 1. The first-order chi connectivity index (χ1) is 7.06. The van der Waals surface area contributed by atoms with E-state index in [4.69, 9.17) is 5.26 Å². The van der Waals surface area contributed by atoms with Crippen molar-refractivity contribution in [2.45, 2.75) is 19.9 Å². The molecule has 1 unspecified atom stereocenters. The zero-order valence-electron chi connectivity index (χ0n) is 9.06. The zero-order chi connectivity index (χ0) is 11.4. The van der Waals surface area contributed by atoms with Gasteiger partial charge in [0.05, 0.1) is 6.07 Å². The Morgan fingerprint density at radius 3 is 2.80 bits per heavy atom. The van der Waals surface area contributed by atoms with Gasteiger partial charge in [-0.05, 0) is 26.0 Å². The second-order valence-electron chi connectivity index (χ2n) is 3.39. The number of carbonyl (C=O) groups is 1. The molecule has 4 heteroatoms. The predicted octanol–water partition coefficient (Wildman–Crippen LogP) is 1.37. The molecule has 0 aliphatic carbocycles. The van der Waals surface area contributed by atoms with Crippen LogP contribution in [0.3, 0.4) is 0 Å². The van der Waals surface area contributed by atoms with Gasteiger partial charge in [-0.3, -0.25) is 4.79 Å². The van der Waals surface area contributed by atoms with Gasteiger partial charge in [-0.1, -0.05) is 6.07 Å². The van der Waals surface area contributed by atoms with Gasteiger partial charge in [-0.15, -0.1) is 0 Å². The Morgan fingerprint density at radius 2 is 2.27 bits per heavy atom. The number of carbonyl (C=O) groups excluding carboxylic acids is 1. The van der Waals surface area contributed by atoms with Crippen molar-refractivity contribution in [3.63, 3.8) is 0 Å². The van der Waals surface area contributed by atoms with Crippen molar-refractivity contribution in [2.75, 3.05) is 7.05 Å². The first-order valence-corrected chi connectivity index (χ1v) is 4.66. The Morgan fingerprint density at radius 1 is 1.60 bits per heavy atom. The minimum absolute atomic E-state index is 0.229. The van der Waals surface area contributed by atoms with Gasteiger partial charge in [-0.2, -0.15) is 5.26 Å². The summed E-state index contributed by atoms with van der Waals surface area (Å²) < 4.78 is 0. The molecular weight excluding hydrogens is 190 g/mol. The monoisotopic (exact) mass is 203 g/mol. The van der Waals surface area contributed by atoms with Crippen molar-refractivity contribution in [1.82, 2.24) is 9.88 Å². The van der Waals surface area contributed by atoms with Crippen LogP contribution in [0, 0.1) is 18.3 Å². The van der Waals surface area contributed by atoms with Crippen LogP contribution < -0.4 is 0 Å². The maximum Gasteiger partial charge on any atom is 0.273 e. The normalized spacial score (nSPS) is 11.6. The molecule has 15 heavy (non-hydrogen) atoms. The van der Waals surface area contributed by atoms with Gasteiger partial charge in [-0.25, -0.2) is 4.98 Å². The summed E-state index contributed by atoms with van der Waals surface area (Å²) in [7, 11) is 1.60. The van der Waals surface area contributed by atoms with Crippen LogP contribution >= 0.6 is 0 Å². The lowest BCUT2D eigenvalue weighted by Gasteiger charge is -2.18. The third kappa shape index (κ3) is 2.53. The van der Waals surface area contributed by atoms with Crippen molar-refractivity contribution in [3.8, 4) is 6.07 Å². The molecule has 0 saturated heterocycles. The van der Waals surface area contributed by atoms with E-state index < -0.39 is 6.04 Å². The molecule has 0 N–H and O–H groups in total. The summed E-state index contributed by atoms with van der Waals surface area (Å²) in [6.45, 7) is 3.50. The summed E-state index contributed by atoms with van der Waals surface area (Å²) in [4.78, 5) is 17.3. The van der Waals surface area contributed by atoms with Crippen LogP contribution in [0.4, 0.5) is 0 Å². The zero-order valence-corrected chi connectivity index (χ0v) is 9.06. The SMILES string of the molecule is Cc1cccc(C(=O)N(C)C(C)C#N)n1. The van der Waals surface area contributed by atoms with Crippen LogP contribution in [0.25, 0.3) is 0 Å². The van der Waals surface area contributed by atoms with E-state index in [0.717, 1.165) is 5.69 Å². The Hall–Kier alpha value is -1.89. The fourth-order valence-corrected chi connectivity index (χ4v) is 1.11. The van der Waals surface area contributed by atoms with Crippen LogP contribution in [0.2, 0.25) is 0 Å². The number of rotatable bonds is 2. The van der Waals surface area contributed by atoms with Crippen molar-refractivity contribution < 1.29 is 4.79 Å². The molecule has 0 aromatic carbocycles. The topological polar surface area (TPSA) is 57.0 Å². The number of nitriles is 1. The fraction of sp³-hybridized carbons (Fsp3) is 0.364. The van der Waals surface area contributed by atoms with E-state index >= 15 is 0 Å². The number of nitrogens with zero attached hydrogens (tertiary/aromatic N) is 3. The molecule has 1 amide bonds. The molecule has 0 radical (unpaired) electrons. The highest BCUT2D eigenvalue weighted by Crippen LogP contribution is 2.04. The van der Waals surface area contributed by atoms with E-state index in [1.54, 1.807) is 26.1 Å². The smallest absolute Gasteiger partial charge is 0.273 e. The van der Waals surface area contributed by atoms with Gasteiger partial charge in [0.1, 0.15) is 11.7 Å². The molecule has 1 atom stereocenters. The van der Waals surface area contributed by atoms with Gasteiger partial charge in [0.15, 0.2) is 0 Å². The van der Waals surface area contributed by atoms with E-state index in [2.05, 4.69) is 4.98 Å². The number of hydrogen-bond acceptors (Lipinski definition) is 3. The van der Waals surface area contributed by atoms with Gasteiger partial charge in [0.2, 0.25) is 0 Å². The molecule has 1 aromatic rings. The van der Waals surface area contributed by atoms with Gasteiger partial charge in [0.25, 0.3) is 5.91 Å². The van der Waals surface area contributed by atoms with Gasteiger partial charge in [0, 0.05) is 12.7 Å². The molecule has 0 aliphatic heterocycles. The average Bonchev–Trinajstić information content (AvgIpc) is 2.26. The van der Waals surface area contributed by atoms with Crippen LogP contribution in [0.15, 0.2) is 18.2 Å². The third-order valence-electron chi connectivity index (χ3n) is 2.20. The van der Waals surface area contributed by atoms with E-state index in [-0.39, 0.29) is 5.91 Å². The molecule has 1 heterocycles. The molecule has 1 aromatic heterocycles. The molecule has 0 fully saturated rings. The summed E-state index contributed by atoms with van der Waals surface area (Å²) in [6.07, 6.45) is 0. The maximum atomic E-state index is 11.8. The standard InChI is InChI=1S/C11H13N3O/c1-8-5-4-6-10(13-8)11(15)14(3)9(2)7-12/h4-6,9H,1-3H3. The molecule has 78 valence electrons. The molecule has 0 saturated carbocycles. The highest BCUT2D eigenvalue weighted by molar-refractivity contribution is 5.92.